The van der Waals surface area contributed by atoms with E-state index in [1.165, 1.54) is 18.4 Å². The number of hydrogen-bond acceptors (Lipinski definition) is 3. The number of aliphatic hydroxyl groups excluding tert-OH is 1. The van der Waals surface area contributed by atoms with Crippen molar-refractivity contribution in [1.29, 1.82) is 0 Å². The second kappa shape index (κ2) is 6.46. The van der Waals surface area contributed by atoms with Crippen molar-refractivity contribution in [2.45, 2.75) is 63.3 Å². The van der Waals surface area contributed by atoms with E-state index in [2.05, 4.69) is 33.4 Å². The summed E-state index contributed by atoms with van der Waals surface area (Å²) in [5.74, 6) is 0.839. The molecule has 2 fully saturated rings. The zero-order chi connectivity index (χ0) is 13.9. The zero-order valence-electron chi connectivity index (χ0n) is 11.6. The standard InChI is InChI=1S/C16H22BrNO2/c17-13-9-11(10-18-12-6-7-12)5-8-15(13)20-16-4-2-1-3-14(16)19/h5,8-9,12,14,16,18-19H,1-4,6-7,10H2. The first-order chi connectivity index (χ1) is 9.72. The maximum absolute atomic E-state index is 9.98. The third-order valence-corrected chi connectivity index (χ3v) is 4.73. The summed E-state index contributed by atoms with van der Waals surface area (Å²) in [5, 5.41) is 13.5. The van der Waals surface area contributed by atoms with Crippen LogP contribution in [0.25, 0.3) is 0 Å². The highest BCUT2D eigenvalue weighted by atomic mass is 79.9. The van der Waals surface area contributed by atoms with E-state index in [-0.39, 0.29) is 12.2 Å². The lowest BCUT2D eigenvalue weighted by Crippen LogP contribution is -2.34. The summed E-state index contributed by atoms with van der Waals surface area (Å²) >= 11 is 3.58. The molecule has 0 aromatic heterocycles. The van der Waals surface area contributed by atoms with Gasteiger partial charge in [-0.1, -0.05) is 12.5 Å². The molecule has 0 spiro atoms. The van der Waals surface area contributed by atoms with Gasteiger partial charge in [-0.05, 0) is 65.7 Å². The van der Waals surface area contributed by atoms with E-state index in [4.69, 9.17) is 4.74 Å². The van der Waals surface area contributed by atoms with Crippen molar-refractivity contribution in [3.63, 3.8) is 0 Å². The minimum Gasteiger partial charge on any atom is -0.487 e. The Labute approximate surface area is 128 Å². The number of rotatable bonds is 5. The van der Waals surface area contributed by atoms with Gasteiger partial charge in [-0.25, -0.2) is 0 Å². The van der Waals surface area contributed by atoms with Crippen LogP contribution in [0.15, 0.2) is 22.7 Å². The summed E-state index contributed by atoms with van der Waals surface area (Å²) < 4.78 is 6.95. The van der Waals surface area contributed by atoms with Crippen LogP contribution in [0.5, 0.6) is 5.75 Å². The molecule has 3 nitrogen and oxygen atoms in total. The lowest BCUT2D eigenvalue weighted by atomic mass is 9.95. The third-order valence-electron chi connectivity index (χ3n) is 4.11. The fraction of sp³-hybridized carbons (Fsp3) is 0.625. The molecule has 0 bridgehead atoms. The smallest absolute Gasteiger partial charge is 0.134 e. The summed E-state index contributed by atoms with van der Waals surface area (Å²) in [4.78, 5) is 0. The lowest BCUT2D eigenvalue weighted by Gasteiger charge is -2.28. The Hall–Kier alpha value is -0.580. The van der Waals surface area contributed by atoms with E-state index in [0.717, 1.165) is 48.5 Å². The Morgan fingerprint density at radius 3 is 2.70 bits per heavy atom. The topological polar surface area (TPSA) is 41.5 Å². The molecule has 1 aromatic carbocycles. The van der Waals surface area contributed by atoms with Crippen LogP contribution < -0.4 is 10.1 Å². The van der Waals surface area contributed by atoms with E-state index < -0.39 is 0 Å². The van der Waals surface area contributed by atoms with E-state index in [1.807, 2.05) is 6.07 Å². The molecule has 0 heterocycles. The lowest BCUT2D eigenvalue weighted by molar-refractivity contribution is 0.00648. The van der Waals surface area contributed by atoms with Crippen LogP contribution in [0.3, 0.4) is 0 Å². The molecular weight excluding hydrogens is 318 g/mol. The van der Waals surface area contributed by atoms with Crippen molar-refractivity contribution in [2.75, 3.05) is 0 Å². The highest BCUT2D eigenvalue weighted by Crippen LogP contribution is 2.30. The molecule has 0 aliphatic heterocycles. The van der Waals surface area contributed by atoms with Crippen LogP contribution >= 0.6 is 15.9 Å². The van der Waals surface area contributed by atoms with Crippen LogP contribution in [0, 0.1) is 0 Å². The molecule has 20 heavy (non-hydrogen) atoms. The van der Waals surface area contributed by atoms with Gasteiger partial charge in [-0.15, -0.1) is 0 Å². The van der Waals surface area contributed by atoms with Gasteiger partial charge in [0.2, 0.25) is 0 Å². The minimum atomic E-state index is -0.327. The second-order valence-electron chi connectivity index (χ2n) is 5.93. The summed E-state index contributed by atoms with van der Waals surface area (Å²) in [7, 11) is 0. The molecule has 2 unspecified atom stereocenters. The van der Waals surface area contributed by atoms with Crippen molar-refractivity contribution in [3.05, 3.63) is 28.2 Å². The number of halogens is 1. The minimum absolute atomic E-state index is 0.0597. The molecule has 2 aliphatic carbocycles. The summed E-state index contributed by atoms with van der Waals surface area (Å²) in [6.45, 7) is 0.912. The molecule has 1 aromatic rings. The molecule has 0 amide bonds. The Morgan fingerprint density at radius 2 is 2.00 bits per heavy atom. The molecule has 2 atom stereocenters. The third kappa shape index (κ3) is 3.74. The molecule has 110 valence electrons. The van der Waals surface area contributed by atoms with Crippen LogP contribution in [0.1, 0.15) is 44.1 Å². The molecule has 4 heteroatoms. The van der Waals surface area contributed by atoms with Gasteiger partial charge < -0.3 is 15.2 Å². The van der Waals surface area contributed by atoms with Crippen molar-refractivity contribution in [3.8, 4) is 5.75 Å². The van der Waals surface area contributed by atoms with E-state index >= 15 is 0 Å². The van der Waals surface area contributed by atoms with Crippen molar-refractivity contribution in [2.24, 2.45) is 0 Å². The molecule has 0 saturated heterocycles. The van der Waals surface area contributed by atoms with Gasteiger partial charge in [0.1, 0.15) is 11.9 Å². The van der Waals surface area contributed by atoms with Gasteiger partial charge in [-0.3, -0.25) is 0 Å². The largest absolute Gasteiger partial charge is 0.487 e. The normalized spacial score (nSPS) is 26.5. The molecule has 3 rings (SSSR count). The summed E-state index contributed by atoms with van der Waals surface area (Å²) in [6.07, 6.45) is 6.27. The van der Waals surface area contributed by atoms with Gasteiger partial charge in [0.05, 0.1) is 10.6 Å². The summed E-state index contributed by atoms with van der Waals surface area (Å²) in [6, 6.07) is 6.95. The number of benzene rings is 1. The monoisotopic (exact) mass is 339 g/mol. The van der Waals surface area contributed by atoms with Crippen LogP contribution in [-0.2, 0) is 6.54 Å². The first-order valence-electron chi connectivity index (χ1n) is 7.59. The number of hydrogen-bond donors (Lipinski definition) is 2. The van der Waals surface area contributed by atoms with E-state index in [9.17, 15) is 5.11 Å². The molecular formula is C16H22BrNO2. The molecule has 2 aliphatic rings. The number of aliphatic hydroxyl groups is 1. The van der Waals surface area contributed by atoms with Gasteiger partial charge >= 0.3 is 0 Å². The van der Waals surface area contributed by atoms with Crippen molar-refractivity contribution in [1.82, 2.24) is 5.32 Å². The quantitative estimate of drug-likeness (QED) is 0.863. The average molecular weight is 340 g/mol. The average Bonchev–Trinajstić information content (AvgIpc) is 3.26. The summed E-state index contributed by atoms with van der Waals surface area (Å²) in [5.41, 5.74) is 1.26. The number of ether oxygens (including phenoxy) is 1. The fourth-order valence-electron chi connectivity index (χ4n) is 2.68. The van der Waals surface area contributed by atoms with Gasteiger partial charge in [0.25, 0.3) is 0 Å². The van der Waals surface area contributed by atoms with Crippen LogP contribution in [-0.4, -0.2) is 23.4 Å². The van der Waals surface area contributed by atoms with Gasteiger partial charge in [-0.2, -0.15) is 0 Å². The highest BCUT2D eigenvalue weighted by Gasteiger charge is 2.25. The van der Waals surface area contributed by atoms with Crippen LogP contribution in [0.4, 0.5) is 0 Å². The predicted molar refractivity (Wildman–Crippen MR) is 82.9 cm³/mol. The Morgan fingerprint density at radius 1 is 1.20 bits per heavy atom. The Kier molecular flexibility index (Phi) is 4.64. The molecule has 2 N–H and O–H groups in total. The van der Waals surface area contributed by atoms with Gasteiger partial charge in [0, 0.05) is 12.6 Å². The second-order valence-corrected chi connectivity index (χ2v) is 6.78. The van der Waals surface area contributed by atoms with E-state index in [0.29, 0.717) is 0 Å². The maximum atomic E-state index is 9.98. The van der Waals surface area contributed by atoms with Crippen molar-refractivity contribution >= 4 is 15.9 Å². The fourth-order valence-corrected chi connectivity index (χ4v) is 3.20. The Balaban J connectivity index is 1.60. The van der Waals surface area contributed by atoms with Crippen molar-refractivity contribution < 1.29 is 9.84 Å². The SMILES string of the molecule is OC1CCCCC1Oc1ccc(CNC2CC2)cc1Br. The zero-order valence-corrected chi connectivity index (χ0v) is 13.2. The Bertz CT molecular complexity index is 462. The maximum Gasteiger partial charge on any atom is 0.134 e. The van der Waals surface area contributed by atoms with Crippen LogP contribution in [0.2, 0.25) is 0 Å². The molecule has 2 saturated carbocycles. The van der Waals surface area contributed by atoms with Gasteiger partial charge in [0.15, 0.2) is 0 Å². The highest BCUT2D eigenvalue weighted by molar-refractivity contribution is 9.10. The molecule has 0 radical (unpaired) electrons. The first kappa shape index (κ1) is 14.4. The predicted octanol–water partition coefficient (Wildman–Crippen LogP) is 3.38. The number of nitrogens with one attached hydrogen (secondary N) is 1. The first-order valence-corrected chi connectivity index (χ1v) is 8.38. The van der Waals surface area contributed by atoms with E-state index in [1.54, 1.807) is 0 Å².